The van der Waals surface area contributed by atoms with Crippen LogP contribution in [0.4, 0.5) is 11.4 Å². The van der Waals surface area contributed by atoms with Gasteiger partial charge in [0.2, 0.25) is 0 Å². The number of hydrogen-bond acceptors (Lipinski definition) is 4. The molecule has 0 amide bonds. The van der Waals surface area contributed by atoms with Gasteiger partial charge in [-0.1, -0.05) is 6.92 Å². The highest BCUT2D eigenvalue weighted by Gasteiger charge is 2.13. The largest absolute Gasteiger partial charge is 0.393 e. The SMILES string of the molecule is CCc1nc(-c2ccc(N(C)C)cc2)n(CC)c(=O)c1N. The van der Waals surface area contributed by atoms with Gasteiger partial charge in [0.25, 0.3) is 5.56 Å². The van der Waals surface area contributed by atoms with E-state index in [1.165, 1.54) is 0 Å². The summed E-state index contributed by atoms with van der Waals surface area (Å²) in [4.78, 5) is 19.0. The number of aryl methyl sites for hydroxylation is 1. The lowest BCUT2D eigenvalue weighted by Gasteiger charge is -2.15. The normalized spacial score (nSPS) is 10.7. The minimum absolute atomic E-state index is 0.156. The fraction of sp³-hybridized carbons (Fsp3) is 0.375. The van der Waals surface area contributed by atoms with Gasteiger partial charge in [-0.2, -0.15) is 0 Å². The molecule has 0 atom stereocenters. The molecule has 0 aliphatic rings. The first-order valence-electron chi connectivity index (χ1n) is 7.16. The number of rotatable bonds is 4. The van der Waals surface area contributed by atoms with Gasteiger partial charge < -0.3 is 10.6 Å². The van der Waals surface area contributed by atoms with Crippen molar-refractivity contribution < 1.29 is 0 Å². The highest BCUT2D eigenvalue weighted by Crippen LogP contribution is 2.21. The Morgan fingerprint density at radius 3 is 2.29 bits per heavy atom. The zero-order valence-electron chi connectivity index (χ0n) is 13.1. The molecule has 21 heavy (non-hydrogen) atoms. The van der Waals surface area contributed by atoms with Crippen LogP contribution in [0.15, 0.2) is 29.1 Å². The molecule has 0 bridgehead atoms. The van der Waals surface area contributed by atoms with E-state index in [0.717, 1.165) is 11.3 Å². The van der Waals surface area contributed by atoms with Gasteiger partial charge >= 0.3 is 0 Å². The van der Waals surface area contributed by atoms with E-state index in [1.807, 2.05) is 57.1 Å². The Labute approximate surface area is 125 Å². The van der Waals surface area contributed by atoms with Crippen molar-refractivity contribution in [2.45, 2.75) is 26.8 Å². The van der Waals surface area contributed by atoms with Crippen LogP contribution in [0.25, 0.3) is 11.4 Å². The predicted octanol–water partition coefficient (Wildman–Crippen LogP) is 2.14. The molecule has 2 rings (SSSR count). The molecule has 5 nitrogen and oxygen atoms in total. The molecule has 5 heteroatoms. The molecule has 0 fully saturated rings. The molecule has 0 aliphatic carbocycles. The van der Waals surface area contributed by atoms with E-state index in [0.29, 0.717) is 24.5 Å². The molecule has 0 aliphatic heterocycles. The standard InChI is InChI=1S/C16H22N4O/c1-5-13-14(17)16(21)20(6-2)15(18-13)11-7-9-12(10-8-11)19(3)4/h7-10H,5-6,17H2,1-4H3. The van der Waals surface area contributed by atoms with E-state index < -0.39 is 0 Å². The average Bonchev–Trinajstić information content (AvgIpc) is 2.49. The lowest BCUT2D eigenvalue weighted by Crippen LogP contribution is -2.27. The van der Waals surface area contributed by atoms with Gasteiger partial charge in [0.05, 0.1) is 5.69 Å². The molecule has 1 heterocycles. The zero-order chi connectivity index (χ0) is 15.6. The van der Waals surface area contributed by atoms with Crippen LogP contribution in [0, 0.1) is 0 Å². The number of nitrogen functional groups attached to an aromatic ring is 1. The summed E-state index contributed by atoms with van der Waals surface area (Å²) >= 11 is 0. The third-order valence-corrected chi connectivity index (χ3v) is 3.58. The van der Waals surface area contributed by atoms with Gasteiger partial charge in [0.1, 0.15) is 11.5 Å². The van der Waals surface area contributed by atoms with E-state index in [-0.39, 0.29) is 11.2 Å². The van der Waals surface area contributed by atoms with Gasteiger partial charge in [-0.25, -0.2) is 4.98 Å². The molecule has 0 radical (unpaired) electrons. The second kappa shape index (κ2) is 5.99. The molecule has 2 N–H and O–H groups in total. The second-order valence-electron chi connectivity index (χ2n) is 5.14. The van der Waals surface area contributed by atoms with Crippen molar-refractivity contribution in [1.29, 1.82) is 0 Å². The van der Waals surface area contributed by atoms with Crippen molar-refractivity contribution >= 4 is 11.4 Å². The van der Waals surface area contributed by atoms with Gasteiger partial charge in [0, 0.05) is 31.9 Å². The summed E-state index contributed by atoms with van der Waals surface area (Å²) in [7, 11) is 3.99. The van der Waals surface area contributed by atoms with Gasteiger partial charge in [-0.15, -0.1) is 0 Å². The van der Waals surface area contributed by atoms with Crippen LogP contribution >= 0.6 is 0 Å². The summed E-state index contributed by atoms with van der Waals surface area (Å²) in [5, 5.41) is 0. The first-order chi connectivity index (χ1) is 9.99. The molecular weight excluding hydrogens is 264 g/mol. The van der Waals surface area contributed by atoms with Crippen LogP contribution in [0.2, 0.25) is 0 Å². The summed E-state index contributed by atoms with van der Waals surface area (Å²) in [6.45, 7) is 4.42. The highest BCUT2D eigenvalue weighted by atomic mass is 16.1. The molecule has 1 aromatic heterocycles. The van der Waals surface area contributed by atoms with Crippen molar-refractivity contribution in [2.24, 2.45) is 0 Å². The number of benzene rings is 1. The van der Waals surface area contributed by atoms with Crippen molar-refractivity contribution in [3.63, 3.8) is 0 Å². The lowest BCUT2D eigenvalue weighted by molar-refractivity contribution is 0.712. The summed E-state index contributed by atoms with van der Waals surface area (Å²) < 4.78 is 1.62. The van der Waals surface area contributed by atoms with E-state index in [4.69, 9.17) is 5.73 Å². The number of anilines is 2. The minimum Gasteiger partial charge on any atom is -0.393 e. The van der Waals surface area contributed by atoms with Gasteiger partial charge in [0.15, 0.2) is 0 Å². The molecule has 0 saturated heterocycles. The van der Waals surface area contributed by atoms with Crippen LogP contribution in [0.5, 0.6) is 0 Å². The van der Waals surface area contributed by atoms with Crippen molar-refractivity contribution in [1.82, 2.24) is 9.55 Å². The van der Waals surface area contributed by atoms with Crippen LogP contribution in [0.3, 0.4) is 0 Å². The smallest absolute Gasteiger partial charge is 0.277 e. The second-order valence-corrected chi connectivity index (χ2v) is 5.14. The Morgan fingerprint density at radius 1 is 1.19 bits per heavy atom. The Hall–Kier alpha value is -2.30. The summed E-state index contributed by atoms with van der Waals surface area (Å²) in [6, 6.07) is 8.00. The monoisotopic (exact) mass is 286 g/mol. The summed E-state index contributed by atoms with van der Waals surface area (Å²) in [5.74, 6) is 0.679. The third-order valence-electron chi connectivity index (χ3n) is 3.58. The van der Waals surface area contributed by atoms with Crippen LogP contribution in [-0.2, 0) is 13.0 Å². The van der Waals surface area contributed by atoms with E-state index in [2.05, 4.69) is 4.98 Å². The Kier molecular flexibility index (Phi) is 4.31. The molecule has 2 aromatic rings. The maximum Gasteiger partial charge on any atom is 0.277 e. The van der Waals surface area contributed by atoms with Crippen molar-refractivity contribution in [3.05, 3.63) is 40.3 Å². The highest BCUT2D eigenvalue weighted by molar-refractivity contribution is 5.62. The Balaban J connectivity index is 2.62. The predicted molar refractivity (Wildman–Crippen MR) is 87.7 cm³/mol. The molecule has 112 valence electrons. The number of hydrogen-bond donors (Lipinski definition) is 1. The van der Waals surface area contributed by atoms with E-state index >= 15 is 0 Å². The number of nitrogens with zero attached hydrogens (tertiary/aromatic N) is 3. The zero-order valence-corrected chi connectivity index (χ0v) is 13.1. The minimum atomic E-state index is -0.156. The van der Waals surface area contributed by atoms with E-state index in [1.54, 1.807) is 4.57 Å². The average molecular weight is 286 g/mol. The number of nitrogens with two attached hydrogens (primary N) is 1. The van der Waals surface area contributed by atoms with Crippen LogP contribution in [0.1, 0.15) is 19.5 Å². The quantitative estimate of drug-likeness (QED) is 0.935. The first-order valence-corrected chi connectivity index (χ1v) is 7.16. The Bertz CT molecular complexity index is 687. The topological polar surface area (TPSA) is 64.2 Å². The molecule has 0 unspecified atom stereocenters. The third kappa shape index (κ3) is 2.77. The fourth-order valence-electron chi connectivity index (χ4n) is 2.31. The summed E-state index contributed by atoms with van der Waals surface area (Å²) in [5.41, 5.74) is 8.67. The lowest BCUT2D eigenvalue weighted by atomic mass is 10.1. The van der Waals surface area contributed by atoms with Gasteiger partial charge in [-0.3, -0.25) is 9.36 Å². The van der Waals surface area contributed by atoms with E-state index in [9.17, 15) is 4.79 Å². The Morgan fingerprint density at radius 2 is 1.81 bits per heavy atom. The summed E-state index contributed by atoms with van der Waals surface area (Å²) in [6.07, 6.45) is 0.647. The first kappa shape index (κ1) is 15.1. The molecule has 0 spiro atoms. The van der Waals surface area contributed by atoms with Crippen molar-refractivity contribution in [3.8, 4) is 11.4 Å². The number of aromatic nitrogens is 2. The molecular formula is C16H22N4O. The van der Waals surface area contributed by atoms with Crippen LogP contribution < -0.4 is 16.2 Å². The van der Waals surface area contributed by atoms with Gasteiger partial charge in [-0.05, 0) is 37.6 Å². The molecule has 1 aromatic carbocycles. The van der Waals surface area contributed by atoms with Crippen molar-refractivity contribution in [2.75, 3.05) is 24.7 Å². The molecule has 0 saturated carbocycles. The fourth-order valence-corrected chi connectivity index (χ4v) is 2.31. The maximum atomic E-state index is 12.3. The van der Waals surface area contributed by atoms with Crippen LogP contribution in [-0.4, -0.2) is 23.6 Å². The maximum absolute atomic E-state index is 12.3.